The maximum atomic E-state index is 12.4. The van der Waals surface area contributed by atoms with Crippen molar-refractivity contribution in [2.45, 2.75) is 40.7 Å². The maximum absolute atomic E-state index is 12.4. The number of rotatable bonds is 6. The Hall–Kier alpha value is -0.960. The molecule has 0 aliphatic rings. The summed E-state index contributed by atoms with van der Waals surface area (Å²) >= 11 is 0. The third-order valence-electron chi connectivity index (χ3n) is 3.70. The first-order chi connectivity index (χ1) is 8.33. The Morgan fingerprint density at radius 1 is 1.11 bits per heavy atom. The van der Waals surface area contributed by atoms with Crippen molar-refractivity contribution in [1.29, 1.82) is 0 Å². The van der Waals surface area contributed by atoms with Gasteiger partial charge in [0.25, 0.3) is 6.43 Å². The highest BCUT2D eigenvalue weighted by atomic mass is 19.3. The van der Waals surface area contributed by atoms with Gasteiger partial charge in [-0.2, -0.15) is 0 Å². The molecule has 0 fully saturated rings. The van der Waals surface area contributed by atoms with Crippen molar-refractivity contribution in [1.82, 2.24) is 5.32 Å². The molecule has 1 nitrogen and oxygen atoms in total. The first kappa shape index (κ1) is 15.1. The number of halogens is 2. The molecular weight excluding hydrogens is 232 g/mol. The Morgan fingerprint density at radius 3 is 2.11 bits per heavy atom. The summed E-state index contributed by atoms with van der Waals surface area (Å²) < 4.78 is 24.8. The first-order valence-electron chi connectivity index (χ1n) is 6.40. The monoisotopic (exact) mass is 255 g/mol. The van der Waals surface area contributed by atoms with E-state index in [1.165, 1.54) is 12.1 Å². The van der Waals surface area contributed by atoms with E-state index in [-0.39, 0.29) is 11.0 Å². The summed E-state index contributed by atoms with van der Waals surface area (Å²) in [5.74, 6) is 0.603. The molecule has 1 rings (SSSR count). The predicted octanol–water partition coefficient (Wildman–Crippen LogP) is 4.40. The molecule has 0 unspecified atom stereocenters. The van der Waals surface area contributed by atoms with Gasteiger partial charge in [-0.25, -0.2) is 8.78 Å². The van der Waals surface area contributed by atoms with E-state index >= 15 is 0 Å². The molecule has 0 saturated carbocycles. The van der Waals surface area contributed by atoms with E-state index in [0.29, 0.717) is 5.92 Å². The summed E-state index contributed by atoms with van der Waals surface area (Å²) in [6.07, 6.45) is -2.38. The van der Waals surface area contributed by atoms with Crippen molar-refractivity contribution >= 4 is 0 Å². The van der Waals surface area contributed by atoms with Crippen LogP contribution in [0, 0.1) is 11.3 Å². The number of hydrogen-bond donors (Lipinski definition) is 1. The Bertz CT molecular complexity index is 355. The topological polar surface area (TPSA) is 12.0 Å². The molecule has 1 aromatic carbocycles. The molecule has 0 amide bonds. The second-order valence-electron chi connectivity index (χ2n) is 5.79. The highest BCUT2D eigenvalue weighted by molar-refractivity contribution is 5.23. The lowest BCUT2D eigenvalue weighted by molar-refractivity contribution is 0.151. The first-order valence-corrected chi connectivity index (χ1v) is 6.40. The molecule has 0 spiro atoms. The van der Waals surface area contributed by atoms with Crippen LogP contribution >= 0.6 is 0 Å². The van der Waals surface area contributed by atoms with Gasteiger partial charge in [0.15, 0.2) is 0 Å². The van der Waals surface area contributed by atoms with Gasteiger partial charge in [-0.05, 0) is 16.9 Å². The standard InChI is InChI=1S/C15H23F2N/c1-11(2)15(3,4)10-18-9-12-5-7-13(8-6-12)14(16)17/h5-8,11,14,18H,9-10H2,1-4H3. The Balaban J connectivity index is 2.45. The summed E-state index contributed by atoms with van der Waals surface area (Å²) in [6.45, 7) is 10.5. The molecule has 1 aromatic rings. The summed E-state index contributed by atoms with van der Waals surface area (Å²) in [5, 5.41) is 3.38. The lowest BCUT2D eigenvalue weighted by Crippen LogP contribution is -2.33. The van der Waals surface area contributed by atoms with Crippen LogP contribution < -0.4 is 5.32 Å². The predicted molar refractivity (Wildman–Crippen MR) is 71.7 cm³/mol. The van der Waals surface area contributed by atoms with Gasteiger partial charge in [0.2, 0.25) is 0 Å². The van der Waals surface area contributed by atoms with Crippen molar-refractivity contribution in [3.8, 4) is 0 Å². The molecule has 1 N–H and O–H groups in total. The van der Waals surface area contributed by atoms with E-state index in [9.17, 15) is 8.78 Å². The van der Waals surface area contributed by atoms with Gasteiger partial charge in [-0.1, -0.05) is 52.0 Å². The fourth-order valence-electron chi connectivity index (χ4n) is 1.51. The lowest BCUT2D eigenvalue weighted by atomic mass is 9.81. The van der Waals surface area contributed by atoms with E-state index in [1.807, 2.05) is 0 Å². The quantitative estimate of drug-likeness (QED) is 0.794. The normalized spacial score (nSPS) is 12.4. The molecule has 0 bridgehead atoms. The summed E-state index contributed by atoms with van der Waals surface area (Å²) in [5.41, 5.74) is 1.36. The van der Waals surface area contributed by atoms with Crippen LogP contribution in [0.3, 0.4) is 0 Å². The van der Waals surface area contributed by atoms with Gasteiger partial charge in [0, 0.05) is 18.7 Å². The van der Waals surface area contributed by atoms with E-state index in [0.717, 1.165) is 18.7 Å². The van der Waals surface area contributed by atoms with Crippen molar-refractivity contribution in [3.05, 3.63) is 35.4 Å². The Labute approximate surface area is 109 Å². The third-order valence-corrected chi connectivity index (χ3v) is 3.70. The molecule has 0 aliphatic carbocycles. The number of hydrogen-bond acceptors (Lipinski definition) is 1. The van der Waals surface area contributed by atoms with Gasteiger partial charge in [0.1, 0.15) is 0 Å². The summed E-state index contributed by atoms with van der Waals surface area (Å²) in [7, 11) is 0. The van der Waals surface area contributed by atoms with Gasteiger partial charge in [-0.3, -0.25) is 0 Å². The van der Waals surface area contributed by atoms with Crippen LogP contribution in [0.1, 0.15) is 45.2 Å². The molecule has 0 radical (unpaired) electrons. The third kappa shape index (κ3) is 4.37. The summed E-state index contributed by atoms with van der Waals surface area (Å²) in [4.78, 5) is 0. The SMILES string of the molecule is CC(C)C(C)(C)CNCc1ccc(C(F)F)cc1. The van der Waals surface area contributed by atoms with E-state index < -0.39 is 6.43 Å². The molecule has 18 heavy (non-hydrogen) atoms. The van der Waals surface area contributed by atoms with Crippen LogP contribution in [0.2, 0.25) is 0 Å². The molecule has 0 atom stereocenters. The highest BCUT2D eigenvalue weighted by Gasteiger charge is 2.21. The minimum Gasteiger partial charge on any atom is -0.312 e. The second kappa shape index (κ2) is 6.28. The molecule has 3 heteroatoms. The summed E-state index contributed by atoms with van der Waals surface area (Å²) in [6, 6.07) is 6.51. The molecule has 102 valence electrons. The minimum absolute atomic E-state index is 0.0845. The fourth-order valence-corrected chi connectivity index (χ4v) is 1.51. The maximum Gasteiger partial charge on any atom is 0.263 e. The molecule has 0 heterocycles. The average Bonchev–Trinajstić information content (AvgIpc) is 2.29. The fraction of sp³-hybridized carbons (Fsp3) is 0.600. The molecule has 0 aliphatic heterocycles. The van der Waals surface area contributed by atoms with Gasteiger partial charge in [-0.15, -0.1) is 0 Å². The number of nitrogens with one attached hydrogen (secondary N) is 1. The highest BCUT2D eigenvalue weighted by Crippen LogP contribution is 2.25. The van der Waals surface area contributed by atoms with Crippen LogP contribution in [0.5, 0.6) is 0 Å². The molecular formula is C15H23F2N. The van der Waals surface area contributed by atoms with Crippen molar-refractivity contribution < 1.29 is 8.78 Å². The van der Waals surface area contributed by atoms with E-state index in [4.69, 9.17) is 0 Å². The van der Waals surface area contributed by atoms with Gasteiger partial charge >= 0.3 is 0 Å². The van der Waals surface area contributed by atoms with E-state index in [2.05, 4.69) is 33.0 Å². The van der Waals surface area contributed by atoms with Gasteiger partial charge in [0.05, 0.1) is 0 Å². The van der Waals surface area contributed by atoms with Crippen molar-refractivity contribution in [2.75, 3.05) is 6.54 Å². The zero-order chi connectivity index (χ0) is 13.8. The zero-order valence-corrected chi connectivity index (χ0v) is 11.6. The zero-order valence-electron chi connectivity index (χ0n) is 11.6. The van der Waals surface area contributed by atoms with Crippen molar-refractivity contribution in [2.24, 2.45) is 11.3 Å². The van der Waals surface area contributed by atoms with Crippen LogP contribution in [0.15, 0.2) is 24.3 Å². The smallest absolute Gasteiger partial charge is 0.263 e. The minimum atomic E-state index is -2.38. The lowest BCUT2D eigenvalue weighted by Gasteiger charge is -2.29. The number of benzene rings is 1. The van der Waals surface area contributed by atoms with Crippen molar-refractivity contribution in [3.63, 3.8) is 0 Å². The second-order valence-corrected chi connectivity index (χ2v) is 5.79. The van der Waals surface area contributed by atoms with Crippen LogP contribution in [-0.2, 0) is 6.54 Å². The molecule has 0 saturated heterocycles. The van der Waals surface area contributed by atoms with Crippen LogP contribution in [-0.4, -0.2) is 6.54 Å². The average molecular weight is 255 g/mol. The van der Waals surface area contributed by atoms with E-state index in [1.54, 1.807) is 12.1 Å². The Kier molecular flexibility index (Phi) is 5.27. The largest absolute Gasteiger partial charge is 0.312 e. The number of alkyl halides is 2. The molecule has 0 aromatic heterocycles. The van der Waals surface area contributed by atoms with Crippen LogP contribution in [0.25, 0.3) is 0 Å². The van der Waals surface area contributed by atoms with Gasteiger partial charge < -0.3 is 5.32 Å². The van der Waals surface area contributed by atoms with Crippen LogP contribution in [0.4, 0.5) is 8.78 Å². The Morgan fingerprint density at radius 2 is 1.67 bits per heavy atom.